The van der Waals surface area contributed by atoms with E-state index in [9.17, 15) is 9.46 Å². The standard InChI is InChI=1S/C12H19O3P/c1-10(12(2,3)4)15-16(13,14)11-8-6-5-7-9-11/h5-10H,1-4H3,(H,13,14). The van der Waals surface area contributed by atoms with Gasteiger partial charge in [-0.2, -0.15) is 0 Å². The van der Waals surface area contributed by atoms with Crippen LogP contribution in [0.2, 0.25) is 0 Å². The summed E-state index contributed by atoms with van der Waals surface area (Å²) in [5.41, 5.74) is -0.160. The highest BCUT2D eigenvalue weighted by Gasteiger charge is 2.30. The first-order chi connectivity index (χ1) is 7.23. The summed E-state index contributed by atoms with van der Waals surface area (Å²) in [4.78, 5) is 9.85. The van der Waals surface area contributed by atoms with Gasteiger partial charge in [-0.3, -0.25) is 4.57 Å². The lowest BCUT2D eigenvalue weighted by molar-refractivity contribution is 0.0933. The average molecular weight is 242 g/mol. The fraction of sp³-hybridized carbons (Fsp3) is 0.500. The molecule has 0 saturated heterocycles. The maximum Gasteiger partial charge on any atom is 0.359 e. The van der Waals surface area contributed by atoms with Crippen LogP contribution in [0, 0.1) is 5.41 Å². The van der Waals surface area contributed by atoms with Crippen molar-refractivity contribution in [1.29, 1.82) is 0 Å². The number of rotatable bonds is 3. The van der Waals surface area contributed by atoms with Crippen LogP contribution in [0.4, 0.5) is 0 Å². The van der Waals surface area contributed by atoms with Crippen molar-refractivity contribution in [2.24, 2.45) is 5.41 Å². The lowest BCUT2D eigenvalue weighted by Crippen LogP contribution is -2.26. The normalized spacial score (nSPS) is 17.8. The van der Waals surface area contributed by atoms with E-state index in [1.54, 1.807) is 30.3 Å². The molecule has 0 aliphatic rings. The molecule has 16 heavy (non-hydrogen) atoms. The molecule has 3 nitrogen and oxygen atoms in total. The molecule has 1 aromatic carbocycles. The van der Waals surface area contributed by atoms with Crippen LogP contribution in [0.15, 0.2) is 30.3 Å². The van der Waals surface area contributed by atoms with Crippen molar-refractivity contribution in [3.8, 4) is 0 Å². The molecule has 1 N–H and O–H groups in total. The number of hydrogen-bond acceptors (Lipinski definition) is 2. The third kappa shape index (κ3) is 3.44. The van der Waals surface area contributed by atoms with Gasteiger partial charge in [0, 0.05) is 0 Å². The van der Waals surface area contributed by atoms with E-state index in [0.717, 1.165) is 0 Å². The van der Waals surface area contributed by atoms with Gasteiger partial charge < -0.3 is 9.42 Å². The van der Waals surface area contributed by atoms with Gasteiger partial charge in [0.15, 0.2) is 0 Å². The molecule has 0 radical (unpaired) electrons. The van der Waals surface area contributed by atoms with Crippen molar-refractivity contribution in [2.75, 3.05) is 0 Å². The summed E-state index contributed by atoms with van der Waals surface area (Å²) in [6.07, 6.45) is -0.288. The Morgan fingerprint density at radius 1 is 1.25 bits per heavy atom. The van der Waals surface area contributed by atoms with Crippen LogP contribution in [-0.4, -0.2) is 11.0 Å². The highest BCUT2D eigenvalue weighted by atomic mass is 31.2. The molecule has 1 rings (SSSR count). The molecular formula is C12H19O3P. The average Bonchev–Trinajstić information content (AvgIpc) is 2.17. The monoisotopic (exact) mass is 242 g/mol. The molecule has 0 bridgehead atoms. The highest BCUT2D eigenvalue weighted by Crippen LogP contribution is 2.44. The Morgan fingerprint density at radius 2 is 1.75 bits per heavy atom. The van der Waals surface area contributed by atoms with E-state index in [-0.39, 0.29) is 11.5 Å². The van der Waals surface area contributed by atoms with Gasteiger partial charge in [-0.25, -0.2) is 0 Å². The van der Waals surface area contributed by atoms with Crippen LogP contribution in [0.5, 0.6) is 0 Å². The Kier molecular flexibility index (Phi) is 3.95. The molecule has 0 saturated carbocycles. The summed E-state index contributed by atoms with van der Waals surface area (Å²) in [7, 11) is -3.70. The second kappa shape index (κ2) is 4.70. The third-order valence-electron chi connectivity index (χ3n) is 2.60. The molecule has 2 unspecified atom stereocenters. The van der Waals surface area contributed by atoms with Crippen molar-refractivity contribution >= 4 is 12.9 Å². The Balaban J connectivity index is 2.85. The first-order valence-electron chi connectivity index (χ1n) is 5.30. The van der Waals surface area contributed by atoms with E-state index in [2.05, 4.69) is 0 Å². The lowest BCUT2D eigenvalue weighted by atomic mass is 9.91. The van der Waals surface area contributed by atoms with Crippen LogP contribution in [0.25, 0.3) is 0 Å². The fourth-order valence-electron chi connectivity index (χ4n) is 1.05. The predicted octanol–water partition coefficient (Wildman–Crippen LogP) is 2.95. The van der Waals surface area contributed by atoms with E-state index in [1.807, 2.05) is 27.7 Å². The third-order valence-corrected chi connectivity index (χ3v) is 4.16. The molecule has 90 valence electrons. The van der Waals surface area contributed by atoms with Gasteiger partial charge in [0.05, 0.1) is 11.4 Å². The van der Waals surface area contributed by atoms with Gasteiger partial charge in [0.1, 0.15) is 0 Å². The van der Waals surface area contributed by atoms with Crippen LogP contribution in [-0.2, 0) is 9.09 Å². The molecule has 0 heterocycles. The van der Waals surface area contributed by atoms with Gasteiger partial charge in [0.2, 0.25) is 0 Å². The van der Waals surface area contributed by atoms with E-state index in [4.69, 9.17) is 4.52 Å². The molecule has 0 aromatic heterocycles. The van der Waals surface area contributed by atoms with Crippen molar-refractivity contribution in [2.45, 2.75) is 33.8 Å². The summed E-state index contributed by atoms with van der Waals surface area (Å²) in [6.45, 7) is 7.74. The minimum Gasteiger partial charge on any atom is -0.321 e. The molecule has 1 aromatic rings. The van der Waals surface area contributed by atoms with Crippen molar-refractivity contribution in [1.82, 2.24) is 0 Å². The molecular weight excluding hydrogens is 223 g/mol. The lowest BCUT2D eigenvalue weighted by Gasteiger charge is -2.28. The highest BCUT2D eigenvalue weighted by molar-refractivity contribution is 7.61. The van der Waals surface area contributed by atoms with Crippen molar-refractivity contribution < 1.29 is 14.0 Å². The first-order valence-corrected chi connectivity index (χ1v) is 6.88. The molecule has 0 spiro atoms. The van der Waals surface area contributed by atoms with Crippen LogP contribution < -0.4 is 5.30 Å². The Bertz CT molecular complexity index is 381. The Hall–Kier alpha value is -0.630. The second-order valence-corrected chi connectivity index (χ2v) is 6.74. The van der Waals surface area contributed by atoms with Gasteiger partial charge in [0.25, 0.3) is 0 Å². The SMILES string of the molecule is CC(OP(=O)(O)c1ccccc1)C(C)(C)C. The van der Waals surface area contributed by atoms with Crippen molar-refractivity contribution in [3.05, 3.63) is 30.3 Å². The van der Waals surface area contributed by atoms with Gasteiger partial charge in [-0.1, -0.05) is 39.0 Å². The summed E-state index contributed by atoms with van der Waals surface area (Å²) < 4.78 is 17.3. The Labute approximate surface area is 97.0 Å². The van der Waals surface area contributed by atoms with E-state index >= 15 is 0 Å². The zero-order valence-corrected chi connectivity index (χ0v) is 11.1. The van der Waals surface area contributed by atoms with E-state index < -0.39 is 7.60 Å². The first kappa shape index (κ1) is 13.4. The predicted molar refractivity (Wildman–Crippen MR) is 65.9 cm³/mol. The van der Waals surface area contributed by atoms with Crippen LogP contribution >= 0.6 is 7.60 Å². The van der Waals surface area contributed by atoms with Gasteiger partial charge in [-0.15, -0.1) is 0 Å². The summed E-state index contributed by atoms with van der Waals surface area (Å²) in [5.74, 6) is 0. The second-order valence-electron chi connectivity index (χ2n) is 4.97. The largest absolute Gasteiger partial charge is 0.359 e. The molecule has 0 fully saturated rings. The summed E-state index contributed by atoms with van der Waals surface area (Å²) in [6, 6.07) is 8.47. The maximum absolute atomic E-state index is 12.0. The van der Waals surface area contributed by atoms with Crippen LogP contribution in [0.3, 0.4) is 0 Å². The van der Waals surface area contributed by atoms with E-state index in [0.29, 0.717) is 5.30 Å². The molecule has 2 atom stereocenters. The Morgan fingerprint density at radius 3 is 2.19 bits per heavy atom. The minimum absolute atomic E-state index is 0.160. The van der Waals surface area contributed by atoms with Gasteiger partial charge in [-0.05, 0) is 24.5 Å². The molecule has 0 aliphatic heterocycles. The zero-order valence-electron chi connectivity index (χ0n) is 10.2. The number of hydrogen-bond donors (Lipinski definition) is 1. The summed E-state index contributed by atoms with van der Waals surface area (Å²) >= 11 is 0. The molecule has 4 heteroatoms. The maximum atomic E-state index is 12.0. The smallest absolute Gasteiger partial charge is 0.321 e. The topological polar surface area (TPSA) is 46.5 Å². The number of benzene rings is 1. The van der Waals surface area contributed by atoms with E-state index in [1.165, 1.54) is 0 Å². The van der Waals surface area contributed by atoms with Crippen molar-refractivity contribution in [3.63, 3.8) is 0 Å². The van der Waals surface area contributed by atoms with Crippen LogP contribution in [0.1, 0.15) is 27.7 Å². The molecule has 0 amide bonds. The quantitative estimate of drug-likeness (QED) is 0.829. The zero-order chi connectivity index (χ0) is 12.4. The van der Waals surface area contributed by atoms with Gasteiger partial charge >= 0.3 is 7.60 Å². The molecule has 0 aliphatic carbocycles. The summed E-state index contributed by atoms with van der Waals surface area (Å²) in [5, 5.41) is 0.339. The minimum atomic E-state index is -3.70. The fourth-order valence-corrected chi connectivity index (χ4v) is 2.47.